The lowest BCUT2D eigenvalue weighted by molar-refractivity contribution is -0.683. The van der Waals surface area contributed by atoms with Crippen LogP contribution in [0.5, 0.6) is 0 Å². The second-order valence-electron chi connectivity index (χ2n) is 5.34. The van der Waals surface area contributed by atoms with Gasteiger partial charge in [-0.25, -0.2) is 9.24 Å². The molecule has 1 unspecified atom stereocenters. The van der Waals surface area contributed by atoms with Crippen LogP contribution in [0.25, 0.3) is 0 Å². The summed E-state index contributed by atoms with van der Waals surface area (Å²) < 4.78 is 5.03. The van der Waals surface area contributed by atoms with E-state index in [1.807, 2.05) is 0 Å². The zero-order valence-corrected chi connectivity index (χ0v) is 12.0. The molecule has 0 aliphatic carbocycles. The molecule has 0 amide bonds. The van der Waals surface area contributed by atoms with Gasteiger partial charge < -0.3 is 0 Å². The van der Waals surface area contributed by atoms with E-state index in [2.05, 4.69) is 55.4 Å². The van der Waals surface area contributed by atoms with Crippen LogP contribution in [0, 0.1) is 6.92 Å². The Bertz CT molecular complexity index is 507. The first kappa shape index (κ1) is 11.2. The number of hydrogen-bond acceptors (Lipinski definition) is 1. The minimum Gasteiger partial charge on any atom is -0.242 e. The summed E-state index contributed by atoms with van der Waals surface area (Å²) in [5.41, 5.74) is 4.58. The molecule has 17 heavy (non-hydrogen) atoms. The molecule has 0 N–H and O–H groups in total. The van der Waals surface area contributed by atoms with Gasteiger partial charge in [0.25, 0.3) is 5.82 Å². The second-order valence-corrected chi connectivity index (χ2v) is 7.73. The van der Waals surface area contributed by atoms with Gasteiger partial charge in [-0.15, -0.1) is 0 Å². The third-order valence-corrected chi connectivity index (χ3v) is 7.01. The van der Waals surface area contributed by atoms with Gasteiger partial charge in [-0.2, -0.15) is 0 Å². The van der Waals surface area contributed by atoms with Gasteiger partial charge in [-0.3, -0.25) is 0 Å². The highest BCUT2D eigenvalue weighted by molar-refractivity contribution is 7.59. The van der Waals surface area contributed by atoms with Crippen molar-refractivity contribution in [1.29, 1.82) is 0 Å². The standard InChI is InChI=1S/C14H20N2P/c1-10-5-6-16-13(7-10)15(4)17-9-12(3)11(2)8-14(16)17/h5-7,14H,8-9H2,1-4H3/q+1/t14-,17?/m0/s1. The van der Waals surface area contributed by atoms with E-state index in [9.17, 15) is 0 Å². The number of aryl methyl sites for hydroxylation is 1. The molecule has 0 aromatic carbocycles. The van der Waals surface area contributed by atoms with Crippen LogP contribution in [0.4, 0.5) is 5.82 Å². The van der Waals surface area contributed by atoms with E-state index in [1.165, 1.54) is 24.0 Å². The van der Waals surface area contributed by atoms with E-state index in [0.717, 1.165) is 0 Å². The molecule has 0 bridgehead atoms. The third kappa shape index (κ3) is 1.62. The zero-order valence-electron chi connectivity index (χ0n) is 11.1. The molecule has 1 aromatic rings. The number of pyridine rings is 1. The Labute approximate surface area is 105 Å². The maximum Gasteiger partial charge on any atom is 0.279 e. The van der Waals surface area contributed by atoms with Crippen molar-refractivity contribution in [2.45, 2.75) is 33.0 Å². The van der Waals surface area contributed by atoms with Gasteiger partial charge in [0.15, 0.2) is 5.78 Å². The lowest BCUT2D eigenvalue weighted by Gasteiger charge is -2.25. The van der Waals surface area contributed by atoms with Gasteiger partial charge >= 0.3 is 0 Å². The van der Waals surface area contributed by atoms with Crippen molar-refractivity contribution in [1.82, 2.24) is 0 Å². The molecular formula is C14H20N2P+. The normalized spacial score (nSPS) is 27.2. The predicted molar refractivity (Wildman–Crippen MR) is 73.6 cm³/mol. The van der Waals surface area contributed by atoms with Gasteiger partial charge in [0, 0.05) is 18.6 Å². The van der Waals surface area contributed by atoms with E-state index in [4.69, 9.17) is 0 Å². The van der Waals surface area contributed by atoms with Crippen LogP contribution in [0.15, 0.2) is 29.5 Å². The molecule has 2 atom stereocenters. The summed E-state index contributed by atoms with van der Waals surface area (Å²) in [6.07, 6.45) is 4.80. The van der Waals surface area contributed by atoms with E-state index in [1.54, 1.807) is 11.1 Å². The molecule has 2 nitrogen and oxygen atoms in total. The van der Waals surface area contributed by atoms with Crippen molar-refractivity contribution in [2.75, 3.05) is 17.9 Å². The number of anilines is 1. The van der Waals surface area contributed by atoms with Gasteiger partial charge in [0.2, 0.25) is 0 Å². The smallest absolute Gasteiger partial charge is 0.242 e. The van der Waals surface area contributed by atoms with Crippen LogP contribution in [-0.4, -0.2) is 13.2 Å². The minimum absolute atomic E-state index is 0.0476. The maximum absolute atomic E-state index is 2.53. The topological polar surface area (TPSA) is 7.12 Å². The van der Waals surface area contributed by atoms with Crippen molar-refractivity contribution >= 4 is 13.9 Å². The predicted octanol–water partition coefficient (Wildman–Crippen LogP) is 3.37. The zero-order chi connectivity index (χ0) is 12.2. The SMILES string of the molecule is CC1=C(C)CP2[C@@H](C1)[n+]1ccc(C)cc1N2C. The average molecular weight is 247 g/mol. The fourth-order valence-electron chi connectivity index (χ4n) is 2.83. The van der Waals surface area contributed by atoms with Gasteiger partial charge in [0.1, 0.15) is 8.07 Å². The van der Waals surface area contributed by atoms with Crippen LogP contribution in [0.1, 0.15) is 31.6 Å². The summed E-state index contributed by atoms with van der Waals surface area (Å²) in [6, 6.07) is 4.56. The number of fused-ring (bicyclic) bond motifs is 3. The monoisotopic (exact) mass is 247 g/mol. The van der Waals surface area contributed by atoms with Gasteiger partial charge in [-0.05, 0) is 32.4 Å². The van der Waals surface area contributed by atoms with Crippen molar-refractivity contribution < 1.29 is 4.57 Å². The lowest BCUT2D eigenvalue weighted by Crippen LogP contribution is -2.36. The molecule has 0 spiro atoms. The first-order chi connectivity index (χ1) is 8.08. The molecule has 3 heteroatoms. The van der Waals surface area contributed by atoms with Gasteiger partial charge in [-0.1, -0.05) is 11.1 Å². The van der Waals surface area contributed by atoms with Crippen LogP contribution >= 0.6 is 8.07 Å². The fraction of sp³-hybridized carbons (Fsp3) is 0.500. The van der Waals surface area contributed by atoms with Crippen LogP contribution < -0.4 is 9.24 Å². The molecule has 2 aliphatic rings. The lowest BCUT2D eigenvalue weighted by atomic mass is 10.1. The Hall–Kier alpha value is -0.880. The fourth-order valence-corrected chi connectivity index (χ4v) is 5.80. The highest BCUT2D eigenvalue weighted by Crippen LogP contribution is 2.60. The number of hydrogen-bond donors (Lipinski definition) is 0. The molecule has 0 saturated carbocycles. The molecule has 0 saturated heterocycles. The Kier molecular flexibility index (Phi) is 2.52. The second kappa shape index (κ2) is 3.81. The highest BCUT2D eigenvalue weighted by Gasteiger charge is 2.46. The molecule has 3 heterocycles. The van der Waals surface area contributed by atoms with Crippen LogP contribution in [-0.2, 0) is 0 Å². The summed E-state index contributed by atoms with van der Waals surface area (Å²) in [5.74, 6) is 2.11. The Balaban J connectivity index is 2.07. The summed E-state index contributed by atoms with van der Waals surface area (Å²) in [6.45, 7) is 6.79. The molecular weight excluding hydrogens is 227 g/mol. The average Bonchev–Trinajstić information content (AvgIpc) is 2.54. The number of rotatable bonds is 0. The number of aromatic nitrogens is 1. The summed E-state index contributed by atoms with van der Waals surface area (Å²) >= 11 is 0. The van der Waals surface area contributed by atoms with Crippen molar-refractivity contribution in [2.24, 2.45) is 0 Å². The van der Waals surface area contributed by atoms with Crippen molar-refractivity contribution in [3.8, 4) is 0 Å². The first-order valence-electron chi connectivity index (χ1n) is 6.25. The largest absolute Gasteiger partial charge is 0.279 e. The van der Waals surface area contributed by atoms with Crippen LogP contribution in [0.3, 0.4) is 0 Å². The molecule has 3 rings (SSSR count). The molecule has 1 aromatic heterocycles. The Morgan fingerprint density at radius 1 is 1.29 bits per heavy atom. The molecule has 90 valence electrons. The Morgan fingerprint density at radius 3 is 2.82 bits per heavy atom. The van der Waals surface area contributed by atoms with E-state index >= 15 is 0 Å². The summed E-state index contributed by atoms with van der Waals surface area (Å²) in [4.78, 5) is 0. The highest BCUT2D eigenvalue weighted by atomic mass is 31.1. The van der Waals surface area contributed by atoms with Crippen LogP contribution in [0.2, 0.25) is 0 Å². The van der Waals surface area contributed by atoms with E-state index < -0.39 is 0 Å². The quantitative estimate of drug-likeness (QED) is 0.387. The van der Waals surface area contributed by atoms with Crippen molar-refractivity contribution in [3.63, 3.8) is 0 Å². The third-order valence-electron chi connectivity index (χ3n) is 4.12. The van der Waals surface area contributed by atoms with Crippen molar-refractivity contribution in [3.05, 3.63) is 35.0 Å². The van der Waals surface area contributed by atoms with E-state index in [-0.39, 0.29) is 8.07 Å². The number of allylic oxidation sites excluding steroid dienone is 2. The van der Waals surface area contributed by atoms with E-state index in [0.29, 0.717) is 5.78 Å². The summed E-state index contributed by atoms with van der Waals surface area (Å²) in [7, 11) is 2.22. The first-order valence-corrected chi connectivity index (χ1v) is 7.80. The summed E-state index contributed by atoms with van der Waals surface area (Å²) in [5, 5.41) is 0. The molecule has 0 fully saturated rings. The van der Waals surface area contributed by atoms with Gasteiger partial charge in [0.05, 0.1) is 13.2 Å². The number of nitrogens with zero attached hydrogens (tertiary/aromatic N) is 2. The molecule has 2 aliphatic heterocycles. The Morgan fingerprint density at radius 2 is 2.06 bits per heavy atom. The maximum atomic E-state index is 2.53. The minimum atomic E-state index is -0.0476. The molecule has 0 radical (unpaired) electrons.